The second kappa shape index (κ2) is 6.08. The van der Waals surface area contributed by atoms with Gasteiger partial charge in [-0.3, -0.25) is 9.78 Å². The van der Waals surface area contributed by atoms with Gasteiger partial charge in [0.05, 0.1) is 0 Å². The van der Waals surface area contributed by atoms with E-state index in [1.165, 1.54) is 12.5 Å². The Bertz CT molecular complexity index is 597. The van der Waals surface area contributed by atoms with Crippen LogP contribution < -0.4 is 0 Å². The van der Waals surface area contributed by atoms with Gasteiger partial charge in [-0.25, -0.2) is 0 Å². The fourth-order valence-corrected chi connectivity index (χ4v) is 2.18. The van der Waals surface area contributed by atoms with Crippen molar-refractivity contribution in [2.45, 2.75) is 39.2 Å². The third kappa shape index (κ3) is 3.91. The van der Waals surface area contributed by atoms with Crippen molar-refractivity contribution < 1.29 is 9.53 Å². The standard InChI is InChI=1S/C18H21NO2/c1-13(20)21-17(15-6-5-11-19-12-15)14-7-9-16(10-8-14)18(2,3)4/h5-12,17H,1-4H3/t17-/m0/s1. The van der Waals surface area contributed by atoms with Crippen LogP contribution in [-0.4, -0.2) is 11.0 Å². The molecule has 2 aromatic rings. The van der Waals surface area contributed by atoms with E-state index < -0.39 is 6.10 Å². The molecule has 1 aromatic heterocycles. The highest BCUT2D eigenvalue weighted by Crippen LogP contribution is 2.28. The van der Waals surface area contributed by atoms with Crippen molar-refractivity contribution in [3.8, 4) is 0 Å². The van der Waals surface area contributed by atoms with E-state index in [-0.39, 0.29) is 11.4 Å². The highest BCUT2D eigenvalue weighted by molar-refractivity contribution is 5.66. The van der Waals surface area contributed by atoms with Gasteiger partial charge in [0, 0.05) is 24.9 Å². The van der Waals surface area contributed by atoms with Crippen LogP contribution in [0.3, 0.4) is 0 Å². The number of hydrogen-bond donors (Lipinski definition) is 0. The Morgan fingerprint density at radius 1 is 1.10 bits per heavy atom. The lowest BCUT2D eigenvalue weighted by molar-refractivity contribution is -0.144. The van der Waals surface area contributed by atoms with Crippen molar-refractivity contribution in [1.29, 1.82) is 0 Å². The first-order valence-corrected chi connectivity index (χ1v) is 7.05. The summed E-state index contributed by atoms with van der Waals surface area (Å²) in [6.45, 7) is 7.94. The van der Waals surface area contributed by atoms with Crippen molar-refractivity contribution >= 4 is 5.97 Å². The van der Waals surface area contributed by atoms with E-state index in [9.17, 15) is 4.79 Å². The van der Waals surface area contributed by atoms with Gasteiger partial charge in [0.2, 0.25) is 0 Å². The van der Waals surface area contributed by atoms with Crippen molar-refractivity contribution in [2.24, 2.45) is 0 Å². The molecule has 0 N–H and O–H groups in total. The van der Waals surface area contributed by atoms with Gasteiger partial charge in [0.15, 0.2) is 6.10 Å². The zero-order chi connectivity index (χ0) is 15.5. The molecule has 0 fully saturated rings. The van der Waals surface area contributed by atoms with E-state index >= 15 is 0 Å². The van der Waals surface area contributed by atoms with Crippen LogP contribution >= 0.6 is 0 Å². The molecule has 3 nitrogen and oxygen atoms in total. The average Bonchev–Trinajstić information content (AvgIpc) is 2.45. The van der Waals surface area contributed by atoms with E-state index in [4.69, 9.17) is 4.74 Å². The number of pyridine rings is 1. The first kappa shape index (κ1) is 15.2. The minimum Gasteiger partial charge on any atom is -0.453 e. The van der Waals surface area contributed by atoms with E-state index in [1.54, 1.807) is 12.4 Å². The third-order valence-corrected chi connectivity index (χ3v) is 3.35. The molecule has 0 bridgehead atoms. The number of carbonyl (C=O) groups is 1. The Kier molecular flexibility index (Phi) is 4.41. The third-order valence-electron chi connectivity index (χ3n) is 3.35. The number of benzene rings is 1. The number of carbonyl (C=O) groups excluding carboxylic acids is 1. The average molecular weight is 283 g/mol. The zero-order valence-corrected chi connectivity index (χ0v) is 13.0. The number of rotatable bonds is 3. The fourth-order valence-electron chi connectivity index (χ4n) is 2.18. The summed E-state index contributed by atoms with van der Waals surface area (Å²) in [5.74, 6) is -0.302. The molecule has 2 rings (SSSR count). The Labute approximate surface area is 126 Å². The molecule has 1 aromatic carbocycles. The molecule has 0 unspecified atom stereocenters. The number of ether oxygens (including phenoxy) is 1. The van der Waals surface area contributed by atoms with Crippen molar-refractivity contribution in [1.82, 2.24) is 4.98 Å². The molecule has 3 heteroatoms. The monoisotopic (exact) mass is 283 g/mol. The van der Waals surface area contributed by atoms with Gasteiger partial charge >= 0.3 is 5.97 Å². The van der Waals surface area contributed by atoms with E-state index in [0.717, 1.165) is 11.1 Å². The van der Waals surface area contributed by atoms with Crippen molar-refractivity contribution in [2.75, 3.05) is 0 Å². The van der Waals surface area contributed by atoms with Crippen LogP contribution in [-0.2, 0) is 14.9 Å². The molecule has 0 aliphatic heterocycles. The SMILES string of the molecule is CC(=O)O[C@@H](c1ccc(C(C)(C)C)cc1)c1cccnc1. The normalized spacial score (nSPS) is 12.8. The van der Waals surface area contributed by atoms with Gasteiger partial charge in [-0.05, 0) is 22.6 Å². The molecule has 0 radical (unpaired) electrons. The predicted molar refractivity (Wildman–Crippen MR) is 83.0 cm³/mol. The molecule has 1 heterocycles. The fraction of sp³-hybridized carbons (Fsp3) is 0.333. The Morgan fingerprint density at radius 2 is 1.76 bits per heavy atom. The molecular weight excluding hydrogens is 262 g/mol. The number of hydrogen-bond acceptors (Lipinski definition) is 3. The van der Waals surface area contributed by atoms with Gasteiger partial charge in [-0.15, -0.1) is 0 Å². The summed E-state index contributed by atoms with van der Waals surface area (Å²) in [4.78, 5) is 15.5. The van der Waals surface area contributed by atoms with Crippen LogP contribution in [0.5, 0.6) is 0 Å². The summed E-state index contributed by atoms with van der Waals surface area (Å²) in [6, 6.07) is 12.0. The van der Waals surface area contributed by atoms with Gasteiger partial charge in [0.25, 0.3) is 0 Å². The van der Waals surface area contributed by atoms with Crippen LogP contribution in [0.15, 0.2) is 48.8 Å². The first-order chi connectivity index (χ1) is 9.88. The van der Waals surface area contributed by atoms with E-state index in [1.807, 2.05) is 24.3 Å². The molecule has 0 amide bonds. The number of nitrogens with zero attached hydrogens (tertiary/aromatic N) is 1. The van der Waals surface area contributed by atoms with E-state index in [2.05, 4.69) is 37.9 Å². The molecule has 0 aliphatic carbocycles. The zero-order valence-electron chi connectivity index (χ0n) is 13.0. The van der Waals surface area contributed by atoms with Crippen molar-refractivity contribution in [3.05, 3.63) is 65.5 Å². The lowest BCUT2D eigenvalue weighted by atomic mass is 9.86. The Balaban J connectivity index is 2.36. The largest absolute Gasteiger partial charge is 0.453 e. The minimum absolute atomic E-state index is 0.101. The lowest BCUT2D eigenvalue weighted by Gasteiger charge is -2.21. The second-order valence-electron chi connectivity index (χ2n) is 6.15. The summed E-state index contributed by atoms with van der Waals surface area (Å²) in [5.41, 5.74) is 3.17. The summed E-state index contributed by atoms with van der Waals surface area (Å²) in [5, 5.41) is 0. The summed E-state index contributed by atoms with van der Waals surface area (Å²) < 4.78 is 5.47. The van der Waals surface area contributed by atoms with E-state index in [0.29, 0.717) is 0 Å². The topological polar surface area (TPSA) is 39.2 Å². The van der Waals surface area contributed by atoms with Crippen LogP contribution in [0.2, 0.25) is 0 Å². The Morgan fingerprint density at radius 3 is 2.24 bits per heavy atom. The predicted octanol–water partition coefficient (Wildman–Crippen LogP) is 4.03. The smallest absolute Gasteiger partial charge is 0.303 e. The van der Waals surface area contributed by atoms with Crippen LogP contribution in [0.1, 0.15) is 50.5 Å². The molecule has 0 spiro atoms. The molecule has 110 valence electrons. The molecule has 0 saturated heterocycles. The second-order valence-corrected chi connectivity index (χ2v) is 6.15. The maximum Gasteiger partial charge on any atom is 0.303 e. The Hall–Kier alpha value is -2.16. The summed E-state index contributed by atoms with van der Waals surface area (Å²) >= 11 is 0. The van der Waals surface area contributed by atoms with Gasteiger partial charge < -0.3 is 4.74 Å². The molecule has 0 saturated carbocycles. The first-order valence-electron chi connectivity index (χ1n) is 7.05. The van der Waals surface area contributed by atoms with Crippen LogP contribution in [0, 0.1) is 0 Å². The summed E-state index contributed by atoms with van der Waals surface area (Å²) in [7, 11) is 0. The van der Waals surface area contributed by atoms with Gasteiger partial charge in [-0.1, -0.05) is 51.1 Å². The molecule has 1 atom stereocenters. The van der Waals surface area contributed by atoms with Crippen LogP contribution in [0.25, 0.3) is 0 Å². The summed E-state index contributed by atoms with van der Waals surface area (Å²) in [6.07, 6.45) is 3.02. The quantitative estimate of drug-likeness (QED) is 0.798. The highest BCUT2D eigenvalue weighted by Gasteiger charge is 2.19. The minimum atomic E-state index is -0.412. The maximum atomic E-state index is 11.4. The number of aromatic nitrogens is 1. The molecule has 0 aliphatic rings. The van der Waals surface area contributed by atoms with Gasteiger partial charge in [0.1, 0.15) is 0 Å². The van der Waals surface area contributed by atoms with Crippen LogP contribution in [0.4, 0.5) is 0 Å². The molecular formula is C18H21NO2. The molecule has 21 heavy (non-hydrogen) atoms. The highest BCUT2D eigenvalue weighted by atomic mass is 16.5. The lowest BCUT2D eigenvalue weighted by Crippen LogP contribution is -2.13. The maximum absolute atomic E-state index is 11.4. The number of esters is 1. The van der Waals surface area contributed by atoms with Crippen molar-refractivity contribution in [3.63, 3.8) is 0 Å². The van der Waals surface area contributed by atoms with Gasteiger partial charge in [-0.2, -0.15) is 0 Å².